The number of anilines is 1. The Labute approximate surface area is 125 Å². The Morgan fingerprint density at radius 1 is 1.38 bits per heavy atom. The molecule has 0 aromatic carbocycles. The minimum Gasteiger partial charge on any atom is -0.352 e. The SMILES string of the molecule is CC1(C(=O)NC2CCN(c3ncccn3)CC2)CCCN1. The van der Waals surface area contributed by atoms with Crippen molar-refractivity contribution in [1.82, 2.24) is 20.6 Å². The largest absolute Gasteiger partial charge is 0.352 e. The van der Waals surface area contributed by atoms with Crippen LogP contribution in [0.5, 0.6) is 0 Å². The molecule has 0 bridgehead atoms. The molecule has 2 fully saturated rings. The summed E-state index contributed by atoms with van der Waals surface area (Å²) in [6.45, 7) is 4.72. The molecule has 2 aliphatic rings. The van der Waals surface area contributed by atoms with Crippen molar-refractivity contribution in [3.05, 3.63) is 18.5 Å². The average Bonchev–Trinajstić information content (AvgIpc) is 2.97. The van der Waals surface area contributed by atoms with Crippen molar-refractivity contribution < 1.29 is 4.79 Å². The Balaban J connectivity index is 1.51. The molecule has 0 radical (unpaired) electrons. The number of aromatic nitrogens is 2. The highest BCUT2D eigenvalue weighted by molar-refractivity contribution is 5.86. The zero-order chi connectivity index (χ0) is 14.7. The minimum absolute atomic E-state index is 0.148. The number of nitrogens with zero attached hydrogens (tertiary/aromatic N) is 3. The van der Waals surface area contributed by atoms with Crippen molar-refractivity contribution in [3.63, 3.8) is 0 Å². The standard InChI is InChI=1S/C15H23N5O/c1-15(6-2-9-18-15)13(21)19-12-4-10-20(11-5-12)14-16-7-3-8-17-14/h3,7-8,12,18H,2,4-6,9-11H2,1H3,(H,19,21). The van der Waals surface area contributed by atoms with Crippen molar-refractivity contribution in [1.29, 1.82) is 0 Å². The summed E-state index contributed by atoms with van der Waals surface area (Å²) in [7, 11) is 0. The number of amides is 1. The summed E-state index contributed by atoms with van der Waals surface area (Å²) < 4.78 is 0. The van der Waals surface area contributed by atoms with E-state index >= 15 is 0 Å². The van der Waals surface area contributed by atoms with Gasteiger partial charge in [-0.05, 0) is 45.2 Å². The molecule has 2 N–H and O–H groups in total. The number of carbonyl (C=O) groups excluding carboxylic acids is 1. The first-order valence-corrected chi connectivity index (χ1v) is 7.75. The first kappa shape index (κ1) is 14.3. The maximum absolute atomic E-state index is 12.4. The molecule has 3 heterocycles. The van der Waals surface area contributed by atoms with E-state index in [-0.39, 0.29) is 17.5 Å². The third-order valence-corrected chi connectivity index (χ3v) is 4.54. The number of piperidine rings is 1. The average molecular weight is 289 g/mol. The van der Waals surface area contributed by atoms with Crippen LogP contribution < -0.4 is 15.5 Å². The van der Waals surface area contributed by atoms with Gasteiger partial charge in [-0.15, -0.1) is 0 Å². The monoisotopic (exact) mass is 289 g/mol. The Kier molecular flexibility index (Phi) is 4.05. The van der Waals surface area contributed by atoms with Gasteiger partial charge in [-0.3, -0.25) is 4.79 Å². The molecule has 1 amide bonds. The Morgan fingerprint density at radius 3 is 2.71 bits per heavy atom. The molecule has 6 nitrogen and oxygen atoms in total. The number of nitrogens with one attached hydrogen (secondary N) is 2. The third kappa shape index (κ3) is 3.15. The highest BCUT2D eigenvalue weighted by Crippen LogP contribution is 2.20. The number of hydrogen-bond acceptors (Lipinski definition) is 5. The molecule has 0 spiro atoms. The topological polar surface area (TPSA) is 70.2 Å². The lowest BCUT2D eigenvalue weighted by atomic mass is 9.97. The maximum atomic E-state index is 12.4. The first-order chi connectivity index (χ1) is 10.2. The zero-order valence-electron chi connectivity index (χ0n) is 12.5. The smallest absolute Gasteiger partial charge is 0.240 e. The molecule has 2 saturated heterocycles. The first-order valence-electron chi connectivity index (χ1n) is 7.75. The summed E-state index contributed by atoms with van der Waals surface area (Å²) in [5, 5.41) is 6.52. The van der Waals surface area contributed by atoms with Gasteiger partial charge in [0.2, 0.25) is 11.9 Å². The maximum Gasteiger partial charge on any atom is 0.240 e. The van der Waals surface area contributed by atoms with Crippen LogP contribution in [0.4, 0.5) is 5.95 Å². The second-order valence-electron chi connectivity index (χ2n) is 6.15. The normalized spacial score (nSPS) is 26.8. The van der Waals surface area contributed by atoms with Crippen LogP contribution in [0.15, 0.2) is 18.5 Å². The summed E-state index contributed by atoms with van der Waals surface area (Å²) in [5.74, 6) is 0.932. The lowest BCUT2D eigenvalue weighted by Gasteiger charge is -2.34. The van der Waals surface area contributed by atoms with Gasteiger partial charge in [-0.1, -0.05) is 0 Å². The lowest BCUT2D eigenvalue weighted by molar-refractivity contribution is -0.127. The summed E-state index contributed by atoms with van der Waals surface area (Å²) in [6, 6.07) is 2.09. The number of carbonyl (C=O) groups is 1. The molecule has 6 heteroatoms. The van der Waals surface area contributed by atoms with Gasteiger partial charge in [0.1, 0.15) is 0 Å². The van der Waals surface area contributed by atoms with Crippen LogP contribution >= 0.6 is 0 Å². The predicted molar refractivity (Wildman–Crippen MR) is 81.1 cm³/mol. The van der Waals surface area contributed by atoms with Gasteiger partial charge in [0.15, 0.2) is 0 Å². The van der Waals surface area contributed by atoms with Crippen LogP contribution in [0, 0.1) is 0 Å². The molecule has 21 heavy (non-hydrogen) atoms. The molecule has 1 aromatic rings. The molecule has 2 aliphatic heterocycles. The van der Waals surface area contributed by atoms with Crippen LogP contribution in [0.1, 0.15) is 32.6 Å². The molecule has 114 valence electrons. The van der Waals surface area contributed by atoms with Crippen LogP contribution in [-0.2, 0) is 4.79 Å². The molecule has 1 aromatic heterocycles. The third-order valence-electron chi connectivity index (χ3n) is 4.54. The molecule has 1 atom stereocenters. The number of hydrogen-bond donors (Lipinski definition) is 2. The molecular weight excluding hydrogens is 266 g/mol. The van der Waals surface area contributed by atoms with E-state index in [2.05, 4.69) is 25.5 Å². The quantitative estimate of drug-likeness (QED) is 0.857. The predicted octanol–water partition coefficient (Wildman–Crippen LogP) is 0.704. The summed E-state index contributed by atoms with van der Waals surface area (Å²) >= 11 is 0. The molecule has 3 rings (SSSR count). The van der Waals surface area contributed by atoms with E-state index in [9.17, 15) is 4.79 Å². The fraction of sp³-hybridized carbons (Fsp3) is 0.667. The van der Waals surface area contributed by atoms with Gasteiger partial charge in [0, 0.05) is 31.5 Å². The highest BCUT2D eigenvalue weighted by atomic mass is 16.2. The van der Waals surface area contributed by atoms with E-state index in [1.54, 1.807) is 12.4 Å². The van der Waals surface area contributed by atoms with Crippen LogP contribution in [0.25, 0.3) is 0 Å². The summed E-state index contributed by atoms with van der Waals surface area (Å²) in [5.41, 5.74) is -0.375. The molecule has 0 saturated carbocycles. The van der Waals surface area contributed by atoms with E-state index in [4.69, 9.17) is 0 Å². The fourth-order valence-corrected chi connectivity index (χ4v) is 3.11. The van der Waals surface area contributed by atoms with Gasteiger partial charge in [-0.25, -0.2) is 9.97 Å². The second kappa shape index (κ2) is 5.97. The Morgan fingerprint density at radius 2 is 2.10 bits per heavy atom. The Hall–Kier alpha value is -1.69. The van der Waals surface area contributed by atoms with Crippen molar-refractivity contribution in [2.24, 2.45) is 0 Å². The van der Waals surface area contributed by atoms with Crippen molar-refractivity contribution in [3.8, 4) is 0 Å². The van der Waals surface area contributed by atoms with Gasteiger partial charge in [-0.2, -0.15) is 0 Å². The Bertz CT molecular complexity index is 478. The molecule has 1 unspecified atom stereocenters. The summed E-state index contributed by atoms with van der Waals surface area (Å²) in [6.07, 6.45) is 7.43. The van der Waals surface area contributed by atoms with Crippen molar-refractivity contribution in [2.45, 2.75) is 44.2 Å². The van der Waals surface area contributed by atoms with Crippen LogP contribution in [0.3, 0.4) is 0 Å². The number of rotatable bonds is 3. The van der Waals surface area contributed by atoms with Crippen molar-refractivity contribution >= 4 is 11.9 Å². The van der Waals surface area contributed by atoms with E-state index in [0.717, 1.165) is 51.3 Å². The molecular formula is C15H23N5O. The van der Waals surface area contributed by atoms with Crippen LogP contribution in [-0.4, -0.2) is 47.1 Å². The molecule has 0 aliphatic carbocycles. The van der Waals surface area contributed by atoms with E-state index in [0.29, 0.717) is 0 Å². The summed E-state index contributed by atoms with van der Waals surface area (Å²) in [4.78, 5) is 23.1. The zero-order valence-corrected chi connectivity index (χ0v) is 12.5. The lowest BCUT2D eigenvalue weighted by Crippen LogP contribution is -2.55. The second-order valence-corrected chi connectivity index (χ2v) is 6.15. The fourth-order valence-electron chi connectivity index (χ4n) is 3.11. The van der Waals surface area contributed by atoms with Gasteiger partial charge < -0.3 is 15.5 Å². The minimum atomic E-state index is -0.375. The van der Waals surface area contributed by atoms with E-state index in [1.807, 2.05) is 13.0 Å². The van der Waals surface area contributed by atoms with Crippen LogP contribution in [0.2, 0.25) is 0 Å². The van der Waals surface area contributed by atoms with Crippen molar-refractivity contribution in [2.75, 3.05) is 24.5 Å². The highest BCUT2D eigenvalue weighted by Gasteiger charge is 2.37. The van der Waals surface area contributed by atoms with E-state index < -0.39 is 0 Å². The van der Waals surface area contributed by atoms with Gasteiger partial charge >= 0.3 is 0 Å². The van der Waals surface area contributed by atoms with Gasteiger partial charge in [0.25, 0.3) is 0 Å². The van der Waals surface area contributed by atoms with Gasteiger partial charge in [0.05, 0.1) is 5.54 Å². The van der Waals surface area contributed by atoms with E-state index in [1.165, 1.54) is 0 Å².